The van der Waals surface area contributed by atoms with E-state index in [0.717, 1.165) is 22.8 Å². The minimum absolute atomic E-state index is 0.0361. The Morgan fingerprint density at radius 2 is 1.95 bits per heavy atom. The van der Waals surface area contributed by atoms with Gasteiger partial charge in [-0.25, -0.2) is 18.4 Å². The van der Waals surface area contributed by atoms with Crippen LogP contribution >= 0.6 is 22.9 Å². The van der Waals surface area contributed by atoms with Gasteiger partial charge in [-0.05, 0) is 11.5 Å². The number of hydrogen-bond acceptors (Lipinski definition) is 7. The molecule has 102 valence electrons. The van der Waals surface area contributed by atoms with Crippen molar-refractivity contribution < 1.29 is 8.42 Å². The minimum Gasteiger partial charge on any atom is -0.240 e. The first kappa shape index (κ1) is 13.3. The summed E-state index contributed by atoms with van der Waals surface area (Å²) in [5.41, 5.74) is 1.77. The summed E-state index contributed by atoms with van der Waals surface area (Å²) in [7, 11) is -3.45. The Labute approximate surface area is 124 Å². The van der Waals surface area contributed by atoms with Gasteiger partial charge in [0.2, 0.25) is 14.2 Å². The van der Waals surface area contributed by atoms with Crippen LogP contribution in [0.25, 0.3) is 11.3 Å². The number of nitrogens with zero attached hydrogens (tertiary/aromatic N) is 3. The van der Waals surface area contributed by atoms with E-state index in [-0.39, 0.29) is 10.1 Å². The maximum absolute atomic E-state index is 12.1. The van der Waals surface area contributed by atoms with Crippen LogP contribution in [0.15, 0.2) is 46.4 Å². The molecule has 0 amide bonds. The van der Waals surface area contributed by atoms with Crippen molar-refractivity contribution in [3.05, 3.63) is 47.0 Å². The lowest BCUT2D eigenvalue weighted by Crippen LogP contribution is -2.04. The van der Waals surface area contributed by atoms with Crippen LogP contribution in [-0.2, 0) is 15.6 Å². The molecule has 1 aromatic carbocycles. The van der Waals surface area contributed by atoms with Crippen LogP contribution in [0.4, 0.5) is 0 Å². The van der Waals surface area contributed by atoms with Crippen molar-refractivity contribution in [2.75, 3.05) is 0 Å². The molecule has 0 N–H and O–H groups in total. The summed E-state index contributed by atoms with van der Waals surface area (Å²) < 4.78 is 27.9. The molecule has 0 spiro atoms. The van der Waals surface area contributed by atoms with Crippen LogP contribution in [0, 0.1) is 0 Å². The third-order valence-electron chi connectivity index (χ3n) is 2.54. The molecule has 2 heterocycles. The van der Waals surface area contributed by atoms with E-state index in [9.17, 15) is 8.42 Å². The topological polar surface area (TPSA) is 72.8 Å². The molecule has 0 radical (unpaired) electrons. The van der Waals surface area contributed by atoms with E-state index in [4.69, 9.17) is 0 Å². The summed E-state index contributed by atoms with van der Waals surface area (Å²) in [4.78, 5) is 8.12. The van der Waals surface area contributed by atoms with E-state index in [0.29, 0.717) is 5.01 Å². The average Bonchev–Trinajstić information content (AvgIpc) is 3.10. The Kier molecular flexibility index (Phi) is 3.60. The van der Waals surface area contributed by atoms with Crippen LogP contribution in [-0.4, -0.2) is 22.8 Å². The molecule has 0 bridgehead atoms. The Morgan fingerprint density at radius 3 is 2.65 bits per heavy atom. The van der Waals surface area contributed by atoms with E-state index in [1.54, 1.807) is 0 Å². The molecule has 0 fully saturated rings. The second kappa shape index (κ2) is 5.39. The molecule has 0 unspecified atom stereocenters. The van der Waals surface area contributed by atoms with Gasteiger partial charge in [0.05, 0.1) is 5.69 Å². The van der Waals surface area contributed by atoms with Crippen LogP contribution in [0.1, 0.15) is 5.01 Å². The summed E-state index contributed by atoms with van der Waals surface area (Å²) >= 11 is 2.21. The van der Waals surface area contributed by atoms with Gasteiger partial charge in [-0.1, -0.05) is 30.3 Å². The second-order valence-corrected chi connectivity index (χ2v) is 7.84. The Balaban J connectivity index is 1.85. The fraction of sp³-hybridized carbons (Fsp3) is 0.0833. The molecule has 0 aliphatic heterocycles. The van der Waals surface area contributed by atoms with Gasteiger partial charge in [-0.2, -0.15) is 4.37 Å². The van der Waals surface area contributed by atoms with E-state index < -0.39 is 9.84 Å². The van der Waals surface area contributed by atoms with Gasteiger partial charge in [0.15, 0.2) is 0 Å². The molecule has 5 nitrogen and oxygen atoms in total. The zero-order valence-electron chi connectivity index (χ0n) is 10.1. The van der Waals surface area contributed by atoms with E-state index in [1.807, 2.05) is 35.7 Å². The van der Waals surface area contributed by atoms with Gasteiger partial charge in [-0.3, -0.25) is 0 Å². The predicted octanol–water partition coefficient (Wildman–Crippen LogP) is 2.64. The molecule has 0 aliphatic carbocycles. The molecule has 20 heavy (non-hydrogen) atoms. The predicted molar refractivity (Wildman–Crippen MR) is 78.3 cm³/mol. The Bertz CT molecular complexity index is 796. The molecule has 3 rings (SSSR count). The van der Waals surface area contributed by atoms with Gasteiger partial charge in [0.1, 0.15) is 17.1 Å². The number of thiazole rings is 1. The normalized spacial score (nSPS) is 11.6. The first-order valence-electron chi connectivity index (χ1n) is 5.64. The summed E-state index contributed by atoms with van der Waals surface area (Å²) in [6.45, 7) is 0. The molecule has 3 aromatic rings. The highest BCUT2D eigenvalue weighted by Gasteiger charge is 2.21. The summed E-state index contributed by atoms with van der Waals surface area (Å²) in [5.74, 6) is -0.139. The van der Waals surface area contributed by atoms with Crippen molar-refractivity contribution in [1.82, 2.24) is 14.3 Å². The van der Waals surface area contributed by atoms with Gasteiger partial charge < -0.3 is 0 Å². The monoisotopic (exact) mass is 323 g/mol. The van der Waals surface area contributed by atoms with Crippen molar-refractivity contribution in [2.24, 2.45) is 0 Å². The van der Waals surface area contributed by atoms with Crippen LogP contribution < -0.4 is 0 Å². The number of hydrogen-bond donors (Lipinski definition) is 0. The molecule has 0 saturated heterocycles. The van der Waals surface area contributed by atoms with Crippen LogP contribution in [0.5, 0.6) is 0 Å². The van der Waals surface area contributed by atoms with Crippen LogP contribution in [0.2, 0.25) is 0 Å². The summed E-state index contributed by atoms with van der Waals surface area (Å²) in [5, 5.41) is 2.42. The molecular formula is C12H9N3O2S3. The maximum Gasteiger partial charge on any atom is 0.229 e. The Morgan fingerprint density at radius 1 is 1.15 bits per heavy atom. The van der Waals surface area contributed by atoms with Crippen LogP contribution in [0.3, 0.4) is 0 Å². The minimum atomic E-state index is -3.45. The molecule has 2 aromatic heterocycles. The number of benzene rings is 1. The zero-order valence-corrected chi connectivity index (χ0v) is 12.6. The van der Waals surface area contributed by atoms with Gasteiger partial charge in [0.25, 0.3) is 0 Å². The smallest absolute Gasteiger partial charge is 0.229 e. The van der Waals surface area contributed by atoms with Crippen molar-refractivity contribution >= 4 is 32.7 Å². The molecule has 8 heteroatoms. The third kappa shape index (κ3) is 2.77. The molecular weight excluding hydrogens is 314 g/mol. The van der Waals surface area contributed by atoms with E-state index in [1.165, 1.54) is 17.7 Å². The summed E-state index contributed by atoms with van der Waals surface area (Å²) in [6.07, 6.45) is 1.24. The standard InChI is InChI=1S/C12H9N3O2S3/c16-20(17,12-13-8-14-19-12)7-11-15-10(6-18-11)9-4-2-1-3-5-9/h1-6,8H,7H2. The van der Waals surface area contributed by atoms with E-state index in [2.05, 4.69) is 14.3 Å². The summed E-state index contributed by atoms with van der Waals surface area (Å²) in [6, 6.07) is 9.66. The first-order valence-corrected chi connectivity index (χ1v) is 8.95. The first-order chi connectivity index (χ1) is 9.65. The van der Waals surface area contributed by atoms with Crippen molar-refractivity contribution in [3.63, 3.8) is 0 Å². The van der Waals surface area contributed by atoms with Gasteiger partial charge in [-0.15, -0.1) is 11.3 Å². The number of aromatic nitrogens is 3. The average molecular weight is 323 g/mol. The third-order valence-corrected chi connectivity index (χ3v) is 6.31. The lowest BCUT2D eigenvalue weighted by Gasteiger charge is -1.97. The molecule has 0 aliphatic rings. The quantitative estimate of drug-likeness (QED) is 0.738. The lowest BCUT2D eigenvalue weighted by atomic mass is 10.2. The zero-order chi connectivity index (χ0) is 14.0. The molecule has 0 atom stereocenters. The molecule has 0 saturated carbocycles. The van der Waals surface area contributed by atoms with Gasteiger partial charge >= 0.3 is 0 Å². The van der Waals surface area contributed by atoms with Crippen molar-refractivity contribution in [2.45, 2.75) is 10.1 Å². The Hall–Kier alpha value is -1.64. The lowest BCUT2D eigenvalue weighted by molar-refractivity contribution is 0.594. The van der Waals surface area contributed by atoms with Gasteiger partial charge in [0, 0.05) is 10.9 Å². The SMILES string of the molecule is O=S(=O)(Cc1nc(-c2ccccc2)cs1)c1ncns1. The largest absolute Gasteiger partial charge is 0.240 e. The highest BCUT2D eigenvalue weighted by molar-refractivity contribution is 7.92. The fourth-order valence-electron chi connectivity index (χ4n) is 1.64. The highest BCUT2D eigenvalue weighted by Crippen LogP contribution is 2.24. The maximum atomic E-state index is 12.1. The highest BCUT2D eigenvalue weighted by atomic mass is 32.2. The van der Waals surface area contributed by atoms with E-state index >= 15 is 0 Å². The number of rotatable bonds is 4. The van der Waals surface area contributed by atoms with Crippen molar-refractivity contribution in [1.29, 1.82) is 0 Å². The second-order valence-electron chi connectivity index (χ2n) is 3.96. The van der Waals surface area contributed by atoms with Crippen molar-refractivity contribution in [3.8, 4) is 11.3 Å². The fourth-order valence-corrected chi connectivity index (χ4v) is 4.73. The number of sulfone groups is 1.